The molecule has 0 bridgehead atoms. The van der Waals surface area contributed by atoms with Gasteiger partial charge in [-0.05, 0) is 30.3 Å². The van der Waals surface area contributed by atoms with Gasteiger partial charge in [-0.2, -0.15) is 5.11 Å². The molecule has 0 aliphatic rings. The van der Waals surface area contributed by atoms with Crippen molar-refractivity contribution in [3.05, 3.63) is 53.2 Å². The van der Waals surface area contributed by atoms with Crippen molar-refractivity contribution in [2.24, 2.45) is 10.2 Å². The molecular formula is C12H10ClN3O. The van der Waals surface area contributed by atoms with Gasteiger partial charge >= 0.3 is 0 Å². The highest BCUT2D eigenvalue weighted by Crippen LogP contribution is 2.22. The molecule has 4 nitrogen and oxygen atoms in total. The smallest absolute Gasteiger partial charge is 0.173 e. The summed E-state index contributed by atoms with van der Waals surface area (Å²) in [6.07, 6.45) is 1.64. The summed E-state index contributed by atoms with van der Waals surface area (Å²) in [6, 6.07) is 10.2. The predicted molar refractivity (Wildman–Crippen MR) is 65.6 cm³/mol. The minimum Gasteiger partial charge on any atom is -0.508 e. The summed E-state index contributed by atoms with van der Waals surface area (Å²) in [4.78, 5) is 4.00. The Morgan fingerprint density at radius 3 is 2.88 bits per heavy atom. The highest BCUT2D eigenvalue weighted by atomic mass is 35.5. The summed E-state index contributed by atoms with van der Waals surface area (Å²) in [7, 11) is 0. The number of hydrogen-bond acceptors (Lipinski definition) is 4. The van der Waals surface area contributed by atoms with Crippen LogP contribution >= 0.6 is 11.6 Å². The molecule has 0 fully saturated rings. The van der Waals surface area contributed by atoms with Gasteiger partial charge in [0.05, 0.1) is 6.54 Å². The lowest BCUT2D eigenvalue weighted by Gasteiger charge is -2.00. The number of phenolic OH excluding ortho intramolecular Hbond substituents is 1. The van der Waals surface area contributed by atoms with E-state index < -0.39 is 0 Å². The molecule has 1 heterocycles. The molecule has 0 atom stereocenters. The third kappa shape index (κ3) is 3.26. The lowest BCUT2D eigenvalue weighted by atomic mass is 10.2. The van der Waals surface area contributed by atoms with Gasteiger partial charge in [-0.3, -0.25) is 0 Å². The van der Waals surface area contributed by atoms with Crippen LogP contribution in [0.25, 0.3) is 0 Å². The summed E-state index contributed by atoms with van der Waals surface area (Å²) in [5, 5.41) is 18.0. The standard InChI is InChI=1S/C12H10ClN3O/c13-10-4-5-11(17)9(7-10)8-15-16-12-3-1-2-6-14-12/h1-7,17H,8H2. The predicted octanol–water partition coefficient (Wildman–Crippen LogP) is 3.72. The molecule has 0 unspecified atom stereocenters. The zero-order valence-electron chi connectivity index (χ0n) is 8.92. The molecule has 0 saturated carbocycles. The van der Waals surface area contributed by atoms with Crippen LogP contribution in [0.1, 0.15) is 5.56 Å². The van der Waals surface area contributed by atoms with Crippen LogP contribution in [0.2, 0.25) is 5.02 Å². The van der Waals surface area contributed by atoms with Crippen molar-refractivity contribution in [3.8, 4) is 5.75 Å². The Hall–Kier alpha value is -1.94. The molecule has 0 aliphatic heterocycles. The normalized spacial score (nSPS) is 10.9. The van der Waals surface area contributed by atoms with Crippen LogP contribution in [0.5, 0.6) is 5.75 Å². The second-order valence-electron chi connectivity index (χ2n) is 3.36. The second-order valence-corrected chi connectivity index (χ2v) is 3.80. The van der Waals surface area contributed by atoms with Crippen LogP contribution in [0.3, 0.4) is 0 Å². The molecule has 1 aromatic heterocycles. The lowest BCUT2D eigenvalue weighted by Crippen LogP contribution is -1.82. The molecule has 0 saturated heterocycles. The third-order valence-corrected chi connectivity index (χ3v) is 2.34. The molecule has 2 rings (SSSR count). The quantitative estimate of drug-likeness (QED) is 0.841. The fraction of sp³-hybridized carbons (Fsp3) is 0.0833. The first-order valence-electron chi connectivity index (χ1n) is 5.01. The zero-order valence-corrected chi connectivity index (χ0v) is 9.67. The van der Waals surface area contributed by atoms with Crippen LogP contribution < -0.4 is 0 Å². The second kappa shape index (κ2) is 5.41. The Morgan fingerprint density at radius 2 is 2.12 bits per heavy atom. The molecule has 5 heteroatoms. The Bertz CT molecular complexity index is 529. The molecule has 0 aliphatic carbocycles. The fourth-order valence-electron chi connectivity index (χ4n) is 1.28. The SMILES string of the molecule is Oc1ccc(Cl)cc1CN=Nc1ccccn1. The molecule has 86 valence electrons. The van der Waals surface area contributed by atoms with Crippen molar-refractivity contribution in [1.82, 2.24) is 4.98 Å². The highest BCUT2D eigenvalue weighted by molar-refractivity contribution is 6.30. The number of rotatable bonds is 3. The van der Waals surface area contributed by atoms with E-state index in [9.17, 15) is 5.11 Å². The number of azo groups is 1. The van der Waals surface area contributed by atoms with E-state index in [0.29, 0.717) is 16.4 Å². The average molecular weight is 248 g/mol. The Balaban J connectivity index is 2.07. The number of pyridine rings is 1. The molecule has 0 amide bonds. The van der Waals surface area contributed by atoms with E-state index in [0.717, 1.165) is 0 Å². The van der Waals surface area contributed by atoms with Crippen molar-refractivity contribution < 1.29 is 5.11 Å². The molecule has 17 heavy (non-hydrogen) atoms. The van der Waals surface area contributed by atoms with Gasteiger partial charge in [0.25, 0.3) is 0 Å². The van der Waals surface area contributed by atoms with Crippen LogP contribution in [-0.4, -0.2) is 10.1 Å². The van der Waals surface area contributed by atoms with Gasteiger partial charge in [0.2, 0.25) is 0 Å². The van der Waals surface area contributed by atoms with E-state index in [4.69, 9.17) is 11.6 Å². The number of benzene rings is 1. The van der Waals surface area contributed by atoms with E-state index in [1.807, 2.05) is 12.1 Å². The van der Waals surface area contributed by atoms with E-state index in [2.05, 4.69) is 15.2 Å². The Labute approximate surface area is 104 Å². The van der Waals surface area contributed by atoms with E-state index >= 15 is 0 Å². The Morgan fingerprint density at radius 1 is 1.24 bits per heavy atom. The maximum absolute atomic E-state index is 9.56. The molecule has 0 radical (unpaired) electrons. The van der Waals surface area contributed by atoms with Crippen molar-refractivity contribution in [2.45, 2.75) is 6.54 Å². The number of aromatic nitrogens is 1. The summed E-state index contributed by atoms with van der Waals surface area (Å²) in [6.45, 7) is 0.267. The van der Waals surface area contributed by atoms with Gasteiger partial charge in [-0.25, -0.2) is 4.98 Å². The zero-order chi connectivity index (χ0) is 12.1. The largest absolute Gasteiger partial charge is 0.508 e. The minimum atomic E-state index is 0.161. The first-order valence-corrected chi connectivity index (χ1v) is 5.39. The molecule has 1 aromatic carbocycles. The number of hydrogen-bond donors (Lipinski definition) is 1. The fourth-order valence-corrected chi connectivity index (χ4v) is 1.47. The van der Waals surface area contributed by atoms with E-state index in [-0.39, 0.29) is 12.3 Å². The van der Waals surface area contributed by atoms with Gasteiger partial charge in [-0.15, -0.1) is 5.11 Å². The average Bonchev–Trinajstić information content (AvgIpc) is 2.35. The van der Waals surface area contributed by atoms with Crippen LogP contribution in [-0.2, 0) is 6.54 Å². The summed E-state index contributed by atoms with van der Waals surface area (Å²) >= 11 is 5.82. The third-order valence-electron chi connectivity index (χ3n) is 2.11. The number of halogens is 1. The van der Waals surface area contributed by atoms with Gasteiger partial charge in [0.1, 0.15) is 5.75 Å². The monoisotopic (exact) mass is 247 g/mol. The van der Waals surface area contributed by atoms with Crippen LogP contribution in [0, 0.1) is 0 Å². The van der Waals surface area contributed by atoms with Gasteiger partial charge in [0.15, 0.2) is 5.82 Å². The van der Waals surface area contributed by atoms with Crippen LogP contribution in [0.15, 0.2) is 52.8 Å². The van der Waals surface area contributed by atoms with Crippen molar-refractivity contribution in [3.63, 3.8) is 0 Å². The van der Waals surface area contributed by atoms with Crippen LogP contribution in [0.4, 0.5) is 5.82 Å². The first-order chi connectivity index (χ1) is 8.25. The molecule has 0 spiro atoms. The molecule has 1 N–H and O–H groups in total. The van der Waals surface area contributed by atoms with E-state index in [1.54, 1.807) is 24.4 Å². The van der Waals surface area contributed by atoms with Crippen molar-refractivity contribution >= 4 is 17.4 Å². The number of aromatic hydroxyl groups is 1. The molecule has 2 aromatic rings. The van der Waals surface area contributed by atoms with E-state index in [1.165, 1.54) is 6.07 Å². The summed E-state index contributed by atoms with van der Waals surface area (Å²) in [5.74, 6) is 0.698. The first kappa shape index (κ1) is 11.5. The lowest BCUT2D eigenvalue weighted by molar-refractivity contribution is 0.468. The van der Waals surface area contributed by atoms with Crippen molar-refractivity contribution in [1.29, 1.82) is 0 Å². The maximum atomic E-state index is 9.56. The minimum absolute atomic E-state index is 0.161. The molecular weight excluding hydrogens is 238 g/mol. The van der Waals surface area contributed by atoms with Gasteiger partial charge < -0.3 is 5.11 Å². The topological polar surface area (TPSA) is 57.8 Å². The van der Waals surface area contributed by atoms with Gasteiger partial charge in [-0.1, -0.05) is 17.7 Å². The summed E-state index contributed by atoms with van der Waals surface area (Å²) in [5.41, 5.74) is 0.636. The maximum Gasteiger partial charge on any atom is 0.173 e. The van der Waals surface area contributed by atoms with Gasteiger partial charge in [0, 0.05) is 16.8 Å². The highest BCUT2D eigenvalue weighted by Gasteiger charge is 2.00. The number of nitrogens with zero attached hydrogens (tertiary/aromatic N) is 3. The Kier molecular flexibility index (Phi) is 3.67. The number of phenols is 1. The summed E-state index contributed by atoms with van der Waals surface area (Å²) < 4.78 is 0. The van der Waals surface area contributed by atoms with Crippen molar-refractivity contribution in [2.75, 3.05) is 0 Å².